The summed E-state index contributed by atoms with van der Waals surface area (Å²) in [4.78, 5) is 12.5. The molecule has 4 aliphatic carbocycles. The highest BCUT2D eigenvalue weighted by Crippen LogP contribution is 2.61. The fourth-order valence-electron chi connectivity index (χ4n) is 6.16. The molecule has 1 N–H and O–H groups in total. The van der Waals surface area contributed by atoms with E-state index in [4.69, 9.17) is 9.47 Å². The van der Waals surface area contributed by atoms with Crippen LogP contribution < -0.4 is 14.9 Å². The molecule has 1 aromatic carbocycles. The second-order valence-electron chi connectivity index (χ2n) is 9.15. The van der Waals surface area contributed by atoms with Gasteiger partial charge in [-0.15, -0.1) is 0 Å². The van der Waals surface area contributed by atoms with Gasteiger partial charge in [0.15, 0.2) is 11.5 Å². The number of amides is 1. The summed E-state index contributed by atoms with van der Waals surface area (Å²) >= 11 is 0. The fraction of sp³-hybridized carbons (Fsp3) is 0.652. The quantitative estimate of drug-likeness (QED) is 0.529. The largest absolute Gasteiger partial charge is 0.493 e. The van der Waals surface area contributed by atoms with Crippen molar-refractivity contribution in [2.45, 2.75) is 58.3 Å². The van der Waals surface area contributed by atoms with Crippen molar-refractivity contribution in [1.82, 2.24) is 5.43 Å². The van der Waals surface area contributed by atoms with E-state index in [1.165, 1.54) is 38.5 Å². The molecule has 1 amide bonds. The van der Waals surface area contributed by atoms with Gasteiger partial charge in [-0.25, -0.2) is 5.43 Å². The number of hydrogen-bond donors (Lipinski definition) is 1. The van der Waals surface area contributed by atoms with E-state index < -0.39 is 0 Å². The molecule has 4 saturated carbocycles. The maximum absolute atomic E-state index is 12.5. The van der Waals surface area contributed by atoms with Crippen LogP contribution in [0, 0.1) is 23.2 Å². The van der Waals surface area contributed by atoms with Crippen molar-refractivity contribution in [2.75, 3.05) is 13.7 Å². The Morgan fingerprint density at radius 1 is 1.18 bits per heavy atom. The molecule has 0 atom stereocenters. The third-order valence-corrected chi connectivity index (χ3v) is 6.75. The number of methoxy groups -OCH3 is 1. The topological polar surface area (TPSA) is 59.9 Å². The number of nitrogens with zero attached hydrogens (tertiary/aromatic N) is 1. The Hall–Kier alpha value is -2.04. The van der Waals surface area contributed by atoms with Crippen LogP contribution in [0.1, 0.15) is 63.9 Å². The predicted molar refractivity (Wildman–Crippen MR) is 110 cm³/mol. The van der Waals surface area contributed by atoms with Crippen LogP contribution in [0.3, 0.4) is 0 Å². The minimum Gasteiger partial charge on any atom is -0.493 e. The normalized spacial score (nSPS) is 30.6. The molecule has 4 aliphatic rings. The summed E-state index contributed by atoms with van der Waals surface area (Å²) in [6.45, 7) is 2.73. The molecule has 5 rings (SSSR count). The van der Waals surface area contributed by atoms with Crippen LogP contribution in [0.25, 0.3) is 0 Å². The molecule has 0 radical (unpaired) electrons. The van der Waals surface area contributed by atoms with Crippen LogP contribution in [0.4, 0.5) is 0 Å². The zero-order valence-electron chi connectivity index (χ0n) is 17.1. The smallest absolute Gasteiger partial charge is 0.240 e. The molecule has 0 unspecified atom stereocenters. The van der Waals surface area contributed by atoms with Crippen LogP contribution in [0.5, 0.6) is 11.5 Å². The van der Waals surface area contributed by atoms with Crippen molar-refractivity contribution < 1.29 is 14.3 Å². The number of rotatable bonds is 8. The van der Waals surface area contributed by atoms with Gasteiger partial charge in [-0.1, -0.05) is 6.92 Å². The first-order chi connectivity index (χ1) is 13.6. The van der Waals surface area contributed by atoms with Gasteiger partial charge in [0.2, 0.25) is 5.91 Å². The zero-order chi connectivity index (χ0) is 19.6. The maximum Gasteiger partial charge on any atom is 0.240 e. The second kappa shape index (κ2) is 8.14. The van der Waals surface area contributed by atoms with Gasteiger partial charge in [-0.2, -0.15) is 5.10 Å². The molecule has 4 bridgehead atoms. The molecule has 0 aliphatic heterocycles. The third kappa shape index (κ3) is 4.18. The maximum atomic E-state index is 12.5. The molecule has 152 valence electrons. The van der Waals surface area contributed by atoms with Gasteiger partial charge < -0.3 is 9.47 Å². The zero-order valence-corrected chi connectivity index (χ0v) is 17.1. The minimum absolute atomic E-state index is 0.0491. The SMILES string of the molecule is CCCOc1ccc(/C=N\NC(=O)CC23CC4CC(CC(C4)C2)C3)cc1OC. The molecule has 1 aromatic rings. The second-order valence-corrected chi connectivity index (χ2v) is 9.15. The first kappa shape index (κ1) is 19.3. The molecule has 0 heterocycles. The molecular formula is C23H32N2O3. The van der Waals surface area contributed by atoms with Gasteiger partial charge in [0.05, 0.1) is 19.9 Å². The lowest BCUT2D eigenvalue weighted by atomic mass is 9.49. The monoisotopic (exact) mass is 384 g/mol. The van der Waals surface area contributed by atoms with E-state index in [0.717, 1.165) is 35.5 Å². The van der Waals surface area contributed by atoms with E-state index in [-0.39, 0.29) is 11.3 Å². The summed E-state index contributed by atoms with van der Waals surface area (Å²) in [5, 5.41) is 4.19. The number of carbonyl (C=O) groups excluding carboxylic acids is 1. The van der Waals surface area contributed by atoms with E-state index in [1.54, 1.807) is 13.3 Å². The summed E-state index contributed by atoms with van der Waals surface area (Å²) in [5.41, 5.74) is 3.87. The van der Waals surface area contributed by atoms with Crippen molar-refractivity contribution in [2.24, 2.45) is 28.3 Å². The van der Waals surface area contributed by atoms with Gasteiger partial charge >= 0.3 is 0 Å². The lowest BCUT2D eigenvalue weighted by Crippen LogP contribution is -2.47. The van der Waals surface area contributed by atoms with Crippen molar-refractivity contribution in [3.05, 3.63) is 23.8 Å². The highest BCUT2D eigenvalue weighted by molar-refractivity contribution is 5.83. The van der Waals surface area contributed by atoms with Gasteiger partial charge in [-0.3, -0.25) is 4.79 Å². The highest BCUT2D eigenvalue weighted by atomic mass is 16.5. The van der Waals surface area contributed by atoms with Gasteiger partial charge in [0, 0.05) is 6.42 Å². The van der Waals surface area contributed by atoms with E-state index in [2.05, 4.69) is 17.5 Å². The van der Waals surface area contributed by atoms with E-state index >= 15 is 0 Å². The lowest BCUT2D eigenvalue weighted by Gasteiger charge is -2.56. The summed E-state index contributed by atoms with van der Waals surface area (Å²) in [6.07, 6.45) is 11.2. The van der Waals surface area contributed by atoms with Crippen LogP contribution in [0.2, 0.25) is 0 Å². The first-order valence-electron chi connectivity index (χ1n) is 10.7. The fourth-order valence-corrected chi connectivity index (χ4v) is 6.16. The standard InChI is InChI=1S/C23H32N2O3/c1-3-6-28-20-5-4-16(10-21(20)27-2)15-24-25-22(26)14-23-11-17-7-18(12-23)9-19(8-17)13-23/h4-5,10,15,17-19H,3,6-9,11-14H2,1-2H3,(H,25,26)/b24-15-. The summed E-state index contributed by atoms with van der Waals surface area (Å²) < 4.78 is 11.1. The number of carbonyl (C=O) groups is 1. The van der Waals surface area contributed by atoms with Crippen molar-refractivity contribution in [1.29, 1.82) is 0 Å². The van der Waals surface area contributed by atoms with Gasteiger partial charge in [0.1, 0.15) is 0 Å². The molecule has 4 fully saturated rings. The Morgan fingerprint density at radius 2 is 1.86 bits per heavy atom. The van der Waals surface area contributed by atoms with Crippen LogP contribution in [-0.2, 0) is 4.79 Å². The minimum atomic E-state index is 0.0491. The average molecular weight is 385 g/mol. The molecule has 0 saturated heterocycles. The van der Waals surface area contributed by atoms with Crippen LogP contribution in [-0.4, -0.2) is 25.8 Å². The molecule has 0 spiro atoms. The van der Waals surface area contributed by atoms with E-state index in [9.17, 15) is 4.79 Å². The summed E-state index contributed by atoms with van der Waals surface area (Å²) in [7, 11) is 1.63. The lowest BCUT2D eigenvalue weighted by molar-refractivity contribution is -0.129. The van der Waals surface area contributed by atoms with E-state index in [1.807, 2.05) is 18.2 Å². The van der Waals surface area contributed by atoms with Crippen LogP contribution >= 0.6 is 0 Å². The molecule has 28 heavy (non-hydrogen) atoms. The first-order valence-corrected chi connectivity index (χ1v) is 10.7. The predicted octanol–water partition coefficient (Wildman–Crippen LogP) is 4.54. The average Bonchev–Trinajstić information content (AvgIpc) is 2.65. The molecule has 5 nitrogen and oxygen atoms in total. The highest BCUT2D eigenvalue weighted by Gasteiger charge is 2.51. The van der Waals surface area contributed by atoms with Crippen molar-refractivity contribution in [3.8, 4) is 11.5 Å². The Morgan fingerprint density at radius 3 is 2.46 bits per heavy atom. The Balaban J connectivity index is 1.33. The number of benzene rings is 1. The summed E-state index contributed by atoms with van der Waals surface area (Å²) in [5.74, 6) is 4.05. The van der Waals surface area contributed by atoms with Crippen molar-refractivity contribution in [3.63, 3.8) is 0 Å². The number of hydrazone groups is 1. The van der Waals surface area contributed by atoms with Gasteiger partial charge in [0.25, 0.3) is 0 Å². The van der Waals surface area contributed by atoms with Gasteiger partial charge in [-0.05, 0) is 91.9 Å². The molecule has 5 heteroatoms. The Kier molecular flexibility index (Phi) is 5.61. The number of ether oxygens (including phenoxy) is 2. The van der Waals surface area contributed by atoms with Crippen LogP contribution in [0.15, 0.2) is 23.3 Å². The summed E-state index contributed by atoms with van der Waals surface area (Å²) in [6, 6.07) is 5.68. The number of nitrogens with one attached hydrogen (secondary N) is 1. The molecular weight excluding hydrogens is 352 g/mol. The number of hydrogen-bond acceptors (Lipinski definition) is 4. The molecule has 0 aromatic heterocycles. The van der Waals surface area contributed by atoms with Crippen molar-refractivity contribution >= 4 is 12.1 Å². The third-order valence-electron chi connectivity index (χ3n) is 6.75. The van der Waals surface area contributed by atoms with E-state index in [0.29, 0.717) is 18.8 Å². The Labute approximate surface area is 167 Å². The Bertz CT molecular complexity index is 708.